The smallest absolute Gasteiger partial charge is 0.249 e. The highest BCUT2D eigenvalue weighted by molar-refractivity contribution is 7.71. The number of para-hydroxylation sites is 1. The quantitative estimate of drug-likeness (QED) is 0.737. The van der Waals surface area contributed by atoms with Crippen LogP contribution < -0.4 is 5.32 Å². The minimum Gasteiger partial charge on any atom is -0.310 e. The van der Waals surface area contributed by atoms with Gasteiger partial charge in [0.15, 0.2) is 0 Å². The maximum absolute atomic E-state index is 12.4. The van der Waals surface area contributed by atoms with Crippen molar-refractivity contribution in [3.8, 4) is 0 Å². The van der Waals surface area contributed by atoms with E-state index in [9.17, 15) is 4.79 Å². The van der Waals surface area contributed by atoms with Crippen LogP contribution in [-0.4, -0.2) is 15.5 Å². The predicted molar refractivity (Wildman–Crippen MR) is 88.4 cm³/mol. The third-order valence-corrected chi connectivity index (χ3v) is 4.24. The van der Waals surface area contributed by atoms with E-state index < -0.39 is 0 Å². The number of amides is 1. The summed E-state index contributed by atoms with van der Waals surface area (Å²) < 4.78 is 2.28. The van der Waals surface area contributed by atoms with Crippen LogP contribution in [0.5, 0.6) is 0 Å². The average Bonchev–Trinajstić information content (AvgIpc) is 2.86. The van der Waals surface area contributed by atoms with Crippen LogP contribution in [0.15, 0.2) is 54.6 Å². The zero-order valence-corrected chi connectivity index (χ0v) is 12.5. The number of nitrogens with zero attached hydrogens (tertiary/aromatic N) is 2. The Balaban J connectivity index is 1.87. The summed E-state index contributed by atoms with van der Waals surface area (Å²) in [6.45, 7) is 0. The molecule has 5 heteroatoms. The van der Waals surface area contributed by atoms with Crippen LogP contribution in [0.4, 0.5) is 5.82 Å². The normalized spacial score (nSPS) is 16.5. The Hall–Kier alpha value is -2.53. The maximum Gasteiger partial charge on any atom is 0.249 e. The monoisotopic (exact) mass is 307 g/mol. The number of carbonyl (C=O) groups is 1. The van der Waals surface area contributed by atoms with E-state index in [1.165, 1.54) is 0 Å². The van der Waals surface area contributed by atoms with Gasteiger partial charge < -0.3 is 5.32 Å². The topological polar surface area (TPSA) is 46.9 Å². The molecule has 22 heavy (non-hydrogen) atoms. The molecule has 0 spiro atoms. The van der Waals surface area contributed by atoms with Crippen LogP contribution in [0.25, 0.3) is 10.9 Å². The highest BCUT2D eigenvalue weighted by Gasteiger charge is 2.32. The number of anilines is 1. The number of rotatable bonds is 2. The number of benzene rings is 2. The van der Waals surface area contributed by atoms with Gasteiger partial charge >= 0.3 is 0 Å². The van der Waals surface area contributed by atoms with E-state index in [0.29, 0.717) is 11.2 Å². The van der Waals surface area contributed by atoms with E-state index >= 15 is 0 Å². The highest BCUT2D eigenvalue weighted by atomic mass is 32.1. The van der Waals surface area contributed by atoms with Gasteiger partial charge in [-0.3, -0.25) is 9.36 Å². The molecule has 1 amide bonds. The van der Waals surface area contributed by atoms with Crippen molar-refractivity contribution in [2.45, 2.75) is 12.5 Å². The van der Waals surface area contributed by atoms with Crippen molar-refractivity contribution >= 4 is 34.8 Å². The van der Waals surface area contributed by atoms with Gasteiger partial charge in [0.2, 0.25) is 10.7 Å². The zero-order chi connectivity index (χ0) is 15.1. The van der Waals surface area contributed by atoms with Gasteiger partial charge in [0.25, 0.3) is 0 Å². The molecule has 4 nitrogen and oxygen atoms in total. The summed E-state index contributed by atoms with van der Waals surface area (Å²) in [5.74, 6) is 0.717. The molecule has 1 aliphatic rings. The lowest BCUT2D eigenvalue weighted by Gasteiger charge is -2.13. The van der Waals surface area contributed by atoms with Gasteiger partial charge in [-0.05, 0) is 29.9 Å². The number of hydrogen-bond acceptors (Lipinski definition) is 3. The molecule has 108 valence electrons. The second-order valence-electron chi connectivity index (χ2n) is 5.32. The van der Waals surface area contributed by atoms with Crippen molar-refractivity contribution in [3.63, 3.8) is 0 Å². The molecule has 4 rings (SSSR count). The molecule has 2 aromatic carbocycles. The summed E-state index contributed by atoms with van der Waals surface area (Å²) >= 11 is 5.41. The van der Waals surface area contributed by atoms with Crippen LogP contribution >= 0.6 is 12.2 Å². The Morgan fingerprint density at radius 2 is 1.82 bits per heavy atom. The Labute approximate surface area is 132 Å². The lowest BCUT2D eigenvalue weighted by Crippen LogP contribution is -2.18. The second kappa shape index (κ2) is 5.03. The number of nitrogens with one attached hydrogen (secondary N) is 1. The predicted octanol–water partition coefficient (Wildman–Crippen LogP) is 3.50. The molecule has 3 aromatic rings. The summed E-state index contributed by atoms with van der Waals surface area (Å²) in [7, 11) is 0. The van der Waals surface area contributed by atoms with E-state index in [-0.39, 0.29) is 11.9 Å². The van der Waals surface area contributed by atoms with Gasteiger partial charge in [-0.1, -0.05) is 42.5 Å². The van der Waals surface area contributed by atoms with Gasteiger partial charge in [0.05, 0.1) is 5.52 Å². The van der Waals surface area contributed by atoms with E-state index in [0.717, 1.165) is 22.3 Å². The number of fused-ring (bicyclic) bond motifs is 3. The minimum atomic E-state index is -0.345. The molecule has 1 aromatic heterocycles. The molecule has 1 aliphatic heterocycles. The molecule has 0 radical (unpaired) electrons. The molecule has 0 saturated carbocycles. The Morgan fingerprint density at radius 3 is 2.64 bits per heavy atom. The van der Waals surface area contributed by atoms with Crippen molar-refractivity contribution in [2.75, 3.05) is 5.32 Å². The van der Waals surface area contributed by atoms with Crippen LogP contribution in [0.1, 0.15) is 11.6 Å². The standard InChI is InChI=1S/C17H13N3OS/c21-16-14(10-11-6-2-1-3-7-11)20-15(19-16)12-8-4-5-9-13(12)18-17(20)22/h1-9,14H,10H2,(H,19,21). The molecule has 1 N–H and O–H groups in total. The van der Waals surface area contributed by atoms with Gasteiger partial charge in [0.1, 0.15) is 11.9 Å². The maximum atomic E-state index is 12.4. The molecule has 0 saturated heterocycles. The van der Waals surface area contributed by atoms with Crippen molar-refractivity contribution in [3.05, 3.63) is 64.9 Å². The van der Waals surface area contributed by atoms with Crippen molar-refractivity contribution in [1.82, 2.24) is 9.55 Å². The first-order valence-corrected chi connectivity index (χ1v) is 7.51. The lowest BCUT2D eigenvalue weighted by atomic mass is 10.1. The van der Waals surface area contributed by atoms with Crippen molar-refractivity contribution in [2.24, 2.45) is 0 Å². The zero-order valence-electron chi connectivity index (χ0n) is 11.7. The lowest BCUT2D eigenvalue weighted by molar-refractivity contribution is -0.118. The average molecular weight is 307 g/mol. The van der Waals surface area contributed by atoms with Crippen LogP contribution in [0.2, 0.25) is 0 Å². The van der Waals surface area contributed by atoms with Gasteiger partial charge in [0, 0.05) is 11.8 Å². The minimum absolute atomic E-state index is 0.0342. The molecular formula is C17H13N3OS. The molecule has 0 aliphatic carbocycles. The third-order valence-electron chi connectivity index (χ3n) is 3.95. The first-order valence-electron chi connectivity index (χ1n) is 7.10. The first-order chi connectivity index (χ1) is 10.7. The van der Waals surface area contributed by atoms with Crippen LogP contribution in [0, 0.1) is 4.77 Å². The molecular weight excluding hydrogens is 294 g/mol. The fraction of sp³-hybridized carbons (Fsp3) is 0.118. The second-order valence-corrected chi connectivity index (χ2v) is 5.69. The molecule has 1 unspecified atom stereocenters. The van der Waals surface area contributed by atoms with E-state index in [1.54, 1.807) is 0 Å². The number of aromatic nitrogens is 2. The fourth-order valence-electron chi connectivity index (χ4n) is 2.91. The molecule has 2 heterocycles. The molecule has 1 atom stereocenters. The van der Waals surface area contributed by atoms with Crippen molar-refractivity contribution in [1.29, 1.82) is 0 Å². The largest absolute Gasteiger partial charge is 0.310 e. The fourth-order valence-corrected chi connectivity index (χ4v) is 3.23. The molecule has 0 fully saturated rings. The Kier molecular flexibility index (Phi) is 3.01. The van der Waals surface area contributed by atoms with E-state index in [2.05, 4.69) is 10.3 Å². The summed E-state index contributed by atoms with van der Waals surface area (Å²) in [4.78, 5) is 16.9. The molecule has 0 bridgehead atoms. The van der Waals surface area contributed by atoms with Gasteiger partial charge in [-0.2, -0.15) is 0 Å². The van der Waals surface area contributed by atoms with Crippen LogP contribution in [0.3, 0.4) is 0 Å². The van der Waals surface area contributed by atoms with Gasteiger partial charge in [-0.25, -0.2) is 4.98 Å². The summed E-state index contributed by atoms with van der Waals surface area (Å²) in [6.07, 6.45) is 0.605. The summed E-state index contributed by atoms with van der Waals surface area (Å²) in [5, 5.41) is 3.89. The van der Waals surface area contributed by atoms with Crippen LogP contribution in [-0.2, 0) is 11.2 Å². The summed E-state index contributed by atoms with van der Waals surface area (Å²) in [6, 6.07) is 17.3. The van der Waals surface area contributed by atoms with Gasteiger partial charge in [-0.15, -0.1) is 0 Å². The Bertz CT molecular complexity index is 934. The van der Waals surface area contributed by atoms with Crippen molar-refractivity contribution < 1.29 is 4.79 Å². The van der Waals surface area contributed by atoms with E-state index in [1.807, 2.05) is 59.2 Å². The number of carbonyl (C=O) groups excluding carboxylic acids is 1. The first kappa shape index (κ1) is 13.2. The highest BCUT2D eigenvalue weighted by Crippen LogP contribution is 2.32. The van der Waals surface area contributed by atoms with E-state index in [4.69, 9.17) is 12.2 Å². The SMILES string of the molecule is O=C1Nc2c3ccccc3nc(=S)n2C1Cc1ccccc1. The number of hydrogen-bond donors (Lipinski definition) is 1. The summed E-state index contributed by atoms with van der Waals surface area (Å²) in [5.41, 5.74) is 1.91. The third kappa shape index (κ3) is 2.02. The Morgan fingerprint density at radius 1 is 1.09 bits per heavy atom.